The van der Waals surface area contributed by atoms with E-state index in [0.29, 0.717) is 17.4 Å². The molecular formula is C80H136N2O6P+. The summed E-state index contributed by atoms with van der Waals surface area (Å²) in [6.07, 6.45) is 108. The highest BCUT2D eigenvalue weighted by Gasteiger charge is 2.28. The molecule has 506 valence electrons. The van der Waals surface area contributed by atoms with E-state index in [-0.39, 0.29) is 25.5 Å². The molecule has 0 spiro atoms. The molecule has 89 heavy (non-hydrogen) atoms. The van der Waals surface area contributed by atoms with Crippen LogP contribution in [0.5, 0.6) is 0 Å². The van der Waals surface area contributed by atoms with Crippen LogP contribution in [0.1, 0.15) is 277 Å². The molecule has 0 aromatic carbocycles. The first-order valence-corrected chi connectivity index (χ1v) is 37.5. The van der Waals surface area contributed by atoms with Crippen LogP contribution in [-0.4, -0.2) is 73.4 Å². The Morgan fingerprint density at radius 2 is 0.685 bits per heavy atom. The van der Waals surface area contributed by atoms with Crippen LogP contribution in [0.2, 0.25) is 0 Å². The zero-order valence-electron chi connectivity index (χ0n) is 57.9. The van der Waals surface area contributed by atoms with Gasteiger partial charge < -0.3 is 19.8 Å². The van der Waals surface area contributed by atoms with Crippen LogP contribution in [0.25, 0.3) is 0 Å². The molecule has 3 unspecified atom stereocenters. The van der Waals surface area contributed by atoms with E-state index in [9.17, 15) is 19.4 Å². The van der Waals surface area contributed by atoms with Crippen LogP contribution < -0.4 is 5.32 Å². The Kier molecular flexibility index (Phi) is 65.1. The SMILES string of the molecule is CC/C=C\C/C=C\C/C=C\C/C=C\C/C=C\C/C=C\C/C=C\C/C=C\C/C=C\C/C=C\C/C=C\C/C=C\CCCCC(=O)NC(COP(=O)(O)OCC[N+](C)(C)C)C(O)/C=C/CC/C=C/CCCCCCCCCCCCCCCCCCCCCCCC. The van der Waals surface area contributed by atoms with Crippen molar-refractivity contribution in [1.29, 1.82) is 0 Å². The molecule has 0 saturated carbocycles. The predicted octanol–water partition coefficient (Wildman–Crippen LogP) is 23.5. The van der Waals surface area contributed by atoms with Crippen molar-refractivity contribution in [2.75, 3.05) is 40.9 Å². The fourth-order valence-electron chi connectivity index (χ4n) is 9.63. The maximum Gasteiger partial charge on any atom is 0.472 e. The molecule has 0 bridgehead atoms. The van der Waals surface area contributed by atoms with Crippen molar-refractivity contribution < 1.29 is 32.9 Å². The lowest BCUT2D eigenvalue weighted by Crippen LogP contribution is -2.45. The maximum atomic E-state index is 13.0. The molecular weight excluding hydrogens is 1120 g/mol. The Labute approximate surface area is 549 Å². The molecule has 8 nitrogen and oxygen atoms in total. The molecule has 0 aromatic heterocycles. The third kappa shape index (κ3) is 71.2. The molecule has 0 aromatic rings. The summed E-state index contributed by atoms with van der Waals surface area (Å²) in [6, 6.07) is -0.902. The number of rotatable bonds is 64. The van der Waals surface area contributed by atoms with Gasteiger partial charge in [0.2, 0.25) is 5.91 Å². The average molecular weight is 1250 g/mol. The maximum absolute atomic E-state index is 13.0. The summed E-state index contributed by atoms with van der Waals surface area (Å²) in [5.74, 6) is -0.234. The summed E-state index contributed by atoms with van der Waals surface area (Å²) in [6.45, 7) is 4.65. The first-order valence-electron chi connectivity index (χ1n) is 36.0. The highest BCUT2D eigenvalue weighted by Crippen LogP contribution is 2.43. The van der Waals surface area contributed by atoms with Crippen LogP contribution in [-0.2, 0) is 18.4 Å². The van der Waals surface area contributed by atoms with Gasteiger partial charge in [-0.15, -0.1) is 0 Å². The zero-order valence-corrected chi connectivity index (χ0v) is 58.7. The number of unbranched alkanes of at least 4 members (excludes halogenated alkanes) is 25. The smallest absolute Gasteiger partial charge is 0.387 e. The van der Waals surface area contributed by atoms with E-state index in [2.05, 4.69) is 177 Å². The number of amides is 1. The zero-order chi connectivity index (χ0) is 64.8. The number of allylic oxidation sites excluding steroid dienone is 27. The summed E-state index contributed by atoms with van der Waals surface area (Å²) in [5, 5.41) is 14.0. The standard InChI is InChI=1S/C80H135N2O6P/c1-6-8-10-12-14-16-18-20-22-24-26-28-30-32-34-36-37-38-39-40-41-42-43-44-45-46-48-50-52-54-56-58-60-62-64-66-68-70-72-74-80(84)81-78(77-88-89(85,86)87-76-75-82(3,4)5)79(83)73-71-69-67-65-63-61-59-57-55-53-51-49-47-35-33-31-29-27-25-23-21-19-17-15-13-11-9-7-2/h8,10,14,16,20,22,26,28,32,34,37-38,40-41,43-44,46,48,52,54,58,60,63-66,71,73,78-79,83H,6-7,9,11-13,15,17-19,21,23-25,27,29-31,33,35-36,39,42,45,47,49-51,53,55-57,59,61-62,67-70,72,74-77H2,1-5H3,(H-,81,84,85,86)/p+1/b10-8-,16-14-,22-20-,28-26-,34-32-,38-37-,41-40-,44-43-,48-46-,54-52-,60-58-,65-63+,66-64-,73-71+. The third-order valence-electron chi connectivity index (χ3n) is 15.2. The molecule has 0 saturated heterocycles. The van der Waals surface area contributed by atoms with Gasteiger partial charge in [0.15, 0.2) is 0 Å². The summed E-state index contributed by atoms with van der Waals surface area (Å²) < 4.78 is 23.8. The van der Waals surface area contributed by atoms with Crippen molar-refractivity contribution in [3.63, 3.8) is 0 Å². The van der Waals surface area contributed by atoms with Gasteiger partial charge in [-0.05, 0) is 122 Å². The monoisotopic (exact) mass is 1250 g/mol. The van der Waals surface area contributed by atoms with Gasteiger partial charge in [-0.2, -0.15) is 0 Å². The summed E-state index contributed by atoms with van der Waals surface area (Å²) in [5.41, 5.74) is 0. The minimum atomic E-state index is -4.39. The second kappa shape index (κ2) is 68.2. The topological polar surface area (TPSA) is 105 Å². The number of hydrogen-bond donors (Lipinski definition) is 3. The number of phosphoric ester groups is 1. The Morgan fingerprint density at radius 3 is 1.03 bits per heavy atom. The number of carbonyl (C=O) groups is 1. The fourth-order valence-corrected chi connectivity index (χ4v) is 10.4. The Morgan fingerprint density at radius 1 is 0.393 bits per heavy atom. The van der Waals surface area contributed by atoms with Gasteiger partial charge in [0.1, 0.15) is 13.2 Å². The number of hydrogen-bond acceptors (Lipinski definition) is 5. The first kappa shape index (κ1) is 84.9. The lowest BCUT2D eigenvalue weighted by Gasteiger charge is -2.25. The Hall–Kier alpha value is -4.14. The molecule has 0 aliphatic rings. The van der Waals surface area contributed by atoms with E-state index in [1.165, 1.54) is 141 Å². The van der Waals surface area contributed by atoms with Crippen LogP contribution >= 0.6 is 7.82 Å². The molecule has 0 fully saturated rings. The molecule has 3 atom stereocenters. The van der Waals surface area contributed by atoms with Crippen LogP contribution in [0.4, 0.5) is 0 Å². The fraction of sp³-hybridized carbons (Fsp3) is 0.637. The van der Waals surface area contributed by atoms with E-state index in [1.54, 1.807) is 6.08 Å². The van der Waals surface area contributed by atoms with Crippen LogP contribution in [0.3, 0.4) is 0 Å². The number of aliphatic hydroxyl groups is 1. The number of nitrogens with zero attached hydrogens (tertiary/aromatic N) is 1. The van der Waals surface area contributed by atoms with Gasteiger partial charge >= 0.3 is 7.82 Å². The van der Waals surface area contributed by atoms with Gasteiger partial charge in [0.05, 0.1) is 39.9 Å². The molecule has 9 heteroatoms. The van der Waals surface area contributed by atoms with Crippen molar-refractivity contribution >= 4 is 13.7 Å². The van der Waals surface area contributed by atoms with Gasteiger partial charge in [-0.25, -0.2) is 4.57 Å². The summed E-state index contributed by atoms with van der Waals surface area (Å²) >= 11 is 0. The van der Waals surface area contributed by atoms with Gasteiger partial charge in [-0.3, -0.25) is 13.8 Å². The van der Waals surface area contributed by atoms with Crippen molar-refractivity contribution in [1.82, 2.24) is 5.32 Å². The summed E-state index contributed by atoms with van der Waals surface area (Å²) in [7, 11) is 1.51. The van der Waals surface area contributed by atoms with Crippen molar-refractivity contribution in [3.8, 4) is 0 Å². The number of phosphoric acid groups is 1. The summed E-state index contributed by atoms with van der Waals surface area (Å²) in [4.78, 5) is 23.4. The van der Waals surface area contributed by atoms with E-state index in [1.807, 2.05) is 27.2 Å². The lowest BCUT2D eigenvalue weighted by atomic mass is 10.0. The Balaban J connectivity index is 4.26. The van der Waals surface area contributed by atoms with Crippen LogP contribution in [0.15, 0.2) is 170 Å². The normalized spacial score (nSPS) is 14.6. The van der Waals surface area contributed by atoms with Crippen molar-refractivity contribution in [2.45, 2.75) is 289 Å². The molecule has 3 N–H and O–H groups in total. The number of quaternary nitrogens is 1. The molecule has 0 heterocycles. The number of nitrogens with one attached hydrogen (secondary N) is 1. The minimum Gasteiger partial charge on any atom is -0.387 e. The van der Waals surface area contributed by atoms with Gasteiger partial charge in [0.25, 0.3) is 0 Å². The highest BCUT2D eigenvalue weighted by molar-refractivity contribution is 7.47. The van der Waals surface area contributed by atoms with Gasteiger partial charge in [-0.1, -0.05) is 319 Å². The average Bonchev–Trinajstić information content (AvgIpc) is 3.55. The molecule has 0 radical (unpaired) electrons. The van der Waals surface area contributed by atoms with E-state index in [0.717, 1.165) is 109 Å². The predicted molar refractivity (Wildman–Crippen MR) is 391 cm³/mol. The lowest BCUT2D eigenvalue weighted by molar-refractivity contribution is -0.870. The molecule has 0 aliphatic carbocycles. The second-order valence-corrected chi connectivity index (χ2v) is 26.3. The second-order valence-electron chi connectivity index (χ2n) is 24.9. The molecule has 1 amide bonds. The van der Waals surface area contributed by atoms with Crippen molar-refractivity contribution in [3.05, 3.63) is 170 Å². The van der Waals surface area contributed by atoms with E-state index >= 15 is 0 Å². The largest absolute Gasteiger partial charge is 0.472 e. The molecule has 0 rings (SSSR count). The van der Waals surface area contributed by atoms with Crippen LogP contribution in [0, 0.1) is 0 Å². The van der Waals surface area contributed by atoms with E-state index < -0.39 is 20.0 Å². The molecule has 0 aliphatic heterocycles. The number of aliphatic hydroxyl groups excluding tert-OH is 1. The highest BCUT2D eigenvalue weighted by atomic mass is 31.2. The first-order chi connectivity index (χ1) is 43.5. The quantitative estimate of drug-likeness (QED) is 0.0243. The number of likely N-dealkylation sites (N-methyl/N-ethyl adjacent to an activating group) is 1. The Bertz CT molecular complexity index is 2060. The third-order valence-corrected chi connectivity index (χ3v) is 16.2. The van der Waals surface area contributed by atoms with Crippen molar-refractivity contribution in [2.24, 2.45) is 0 Å². The van der Waals surface area contributed by atoms with E-state index in [4.69, 9.17) is 9.05 Å². The number of carbonyl (C=O) groups excluding carboxylic acids is 1. The minimum absolute atomic E-state index is 0.0385. The van der Waals surface area contributed by atoms with Gasteiger partial charge in [0, 0.05) is 6.42 Å².